The molecule has 3 N–H and O–H groups in total. The second-order valence-corrected chi connectivity index (χ2v) is 4.89. The first-order valence-corrected chi connectivity index (χ1v) is 5.77. The molecule has 1 atom stereocenters. The molecule has 0 aromatic rings. The smallest absolute Gasteiger partial charge is 0.221 e. The average molecular weight is 213 g/mol. The van der Waals surface area contributed by atoms with Gasteiger partial charge in [0.15, 0.2) is 0 Å². The topological polar surface area (TPSA) is 53.2 Å². The van der Waals surface area contributed by atoms with Crippen LogP contribution in [0.5, 0.6) is 0 Å². The van der Waals surface area contributed by atoms with E-state index in [4.69, 9.17) is 0 Å². The van der Waals surface area contributed by atoms with Crippen LogP contribution in [0.25, 0.3) is 0 Å². The molecule has 1 fully saturated rings. The van der Waals surface area contributed by atoms with Gasteiger partial charge < -0.3 is 16.0 Å². The van der Waals surface area contributed by atoms with Crippen molar-refractivity contribution in [3.8, 4) is 0 Å². The minimum atomic E-state index is 0.132. The van der Waals surface area contributed by atoms with Gasteiger partial charge in [0.25, 0.3) is 0 Å². The summed E-state index contributed by atoms with van der Waals surface area (Å²) in [5, 5.41) is 9.65. The molecule has 0 aliphatic carbocycles. The van der Waals surface area contributed by atoms with Gasteiger partial charge in [-0.3, -0.25) is 4.79 Å². The van der Waals surface area contributed by atoms with Gasteiger partial charge in [-0.1, -0.05) is 0 Å². The molecule has 0 aromatic heterocycles. The van der Waals surface area contributed by atoms with Crippen LogP contribution in [0.2, 0.25) is 0 Å². The molecular formula is C11H23N3O. The lowest BCUT2D eigenvalue weighted by atomic mass is 10.0. The zero-order valence-electron chi connectivity index (χ0n) is 10.0. The van der Waals surface area contributed by atoms with Gasteiger partial charge in [-0.25, -0.2) is 0 Å². The largest absolute Gasteiger partial charge is 0.354 e. The minimum Gasteiger partial charge on any atom is -0.354 e. The van der Waals surface area contributed by atoms with E-state index < -0.39 is 0 Å². The molecule has 1 aliphatic heterocycles. The summed E-state index contributed by atoms with van der Waals surface area (Å²) >= 11 is 0. The van der Waals surface area contributed by atoms with E-state index in [9.17, 15) is 4.79 Å². The fraction of sp³-hybridized carbons (Fsp3) is 0.909. The molecule has 4 nitrogen and oxygen atoms in total. The summed E-state index contributed by atoms with van der Waals surface area (Å²) < 4.78 is 0. The van der Waals surface area contributed by atoms with Crippen molar-refractivity contribution < 1.29 is 4.79 Å². The monoisotopic (exact) mass is 213 g/mol. The molecule has 1 unspecified atom stereocenters. The van der Waals surface area contributed by atoms with Crippen LogP contribution in [0.4, 0.5) is 0 Å². The Balaban J connectivity index is 2.12. The highest BCUT2D eigenvalue weighted by Crippen LogP contribution is 2.12. The number of rotatable bonds is 5. The SMILES string of the molecule is CC(C)NC(=O)CCNC1(C)CCNC1. The zero-order valence-corrected chi connectivity index (χ0v) is 10.0. The predicted molar refractivity (Wildman–Crippen MR) is 61.8 cm³/mol. The highest BCUT2D eigenvalue weighted by atomic mass is 16.1. The number of hydrogen-bond acceptors (Lipinski definition) is 3. The normalized spacial score (nSPS) is 25.9. The molecule has 15 heavy (non-hydrogen) atoms. The Morgan fingerprint density at radius 2 is 2.27 bits per heavy atom. The van der Waals surface area contributed by atoms with Gasteiger partial charge in [0.1, 0.15) is 0 Å². The first kappa shape index (κ1) is 12.5. The molecule has 1 aliphatic rings. The van der Waals surface area contributed by atoms with Gasteiger partial charge in [0.05, 0.1) is 0 Å². The maximum atomic E-state index is 11.4. The Morgan fingerprint density at radius 1 is 1.53 bits per heavy atom. The quantitative estimate of drug-likeness (QED) is 0.613. The van der Waals surface area contributed by atoms with Crippen molar-refractivity contribution in [1.82, 2.24) is 16.0 Å². The molecule has 88 valence electrons. The Hall–Kier alpha value is -0.610. The lowest BCUT2D eigenvalue weighted by Crippen LogP contribution is -2.45. The maximum absolute atomic E-state index is 11.4. The molecule has 0 radical (unpaired) electrons. The van der Waals surface area contributed by atoms with Crippen molar-refractivity contribution in [3.63, 3.8) is 0 Å². The highest BCUT2D eigenvalue weighted by Gasteiger charge is 2.27. The Bertz CT molecular complexity index is 210. The number of carbonyl (C=O) groups excluding carboxylic acids is 1. The molecule has 0 spiro atoms. The third-order valence-electron chi connectivity index (χ3n) is 2.72. The van der Waals surface area contributed by atoms with Gasteiger partial charge in [-0.2, -0.15) is 0 Å². The van der Waals surface area contributed by atoms with E-state index in [1.54, 1.807) is 0 Å². The number of amides is 1. The van der Waals surface area contributed by atoms with Gasteiger partial charge in [-0.05, 0) is 33.7 Å². The van der Waals surface area contributed by atoms with E-state index in [2.05, 4.69) is 22.9 Å². The Labute approximate surface area is 92.2 Å². The molecule has 1 amide bonds. The number of hydrogen-bond donors (Lipinski definition) is 3. The number of nitrogens with one attached hydrogen (secondary N) is 3. The maximum Gasteiger partial charge on any atom is 0.221 e. The van der Waals surface area contributed by atoms with Gasteiger partial charge >= 0.3 is 0 Å². The van der Waals surface area contributed by atoms with Crippen LogP contribution in [-0.2, 0) is 4.79 Å². The van der Waals surface area contributed by atoms with Crippen molar-refractivity contribution in [1.29, 1.82) is 0 Å². The summed E-state index contributed by atoms with van der Waals surface area (Å²) in [7, 11) is 0. The summed E-state index contributed by atoms with van der Waals surface area (Å²) in [5.41, 5.74) is 0.179. The van der Waals surface area contributed by atoms with Crippen LogP contribution in [-0.4, -0.2) is 37.1 Å². The summed E-state index contributed by atoms with van der Waals surface area (Å²) in [6, 6.07) is 0.237. The van der Waals surface area contributed by atoms with Crippen LogP contribution in [0.3, 0.4) is 0 Å². The second kappa shape index (κ2) is 5.47. The van der Waals surface area contributed by atoms with Crippen LogP contribution in [0, 0.1) is 0 Å². The third kappa shape index (κ3) is 4.62. The predicted octanol–water partition coefficient (Wildman–Crippen LogP) is 0.243. The summed E-state index contributed by atoms with van der Waals surface area (Å²) in [4.78, 5) is 11.4. The average Bonchev–Trinajstić information content (AvgIpc) is 2.51. The van der Waals surface area contributed by atoms with Crippen LogP contribution >= 0.6 is 0 Å². The number of carbonyl (C=O) groups is 1. The van der Waals surface area contributed by atoms with E-state index in [0.29, 0.717) is 6.42 Å². The minimum absolute atomic E-state index is 0.132. The summed E-state index contributed by atoms with van der Waals surface area (Å²) in [6.07, 6.45) is 1.70. The standard InChI is InChI=1S/C11H23N3O/c1-9(2)14-10(15)4-6-13-11(3)5-7-12-8-11/h9,12-13H,4-8H2,1-3H3,(H,14,15). The van der Waals surface area contributed by atoms with Crippen LogP contribution in [0.1, 0.15) is 33.6 Å². The summed E-state index contributed by atoms with van der Waals surface area (Å²) in [5.74, 6) is 0.132. The van der Waals surface area contributed by atoms with Crippen molar-refractivity contribution in [3.05, 3.63) is 0 Å². The van der Waals surface area contributed by atoms with Crippen LogP contribution in [0.15, 0.2) is 0 Å². The van der Waals surface area contributed by atoms with Gasteiger partial charge in [0, 0.05) is 31.1 Å². The fourth-order valence-corrected chi connectivity index (χ4v) is 1.84. The molecule has 1 rings (SSSR count). The zero-order chi connectivity index (χ0) is 11.3. The molecular weight excluding hydrogens is 190 g/mol. The van der Waals surface area contributed by atoms with Gasteiger partial charge in [0.2, 0.25) is 5.91 Å². The molecule has 0 bridgehead atoms. The van der Waals surface area contributed by atoms with Crippen molar-refractivity contribution in [2.45, 2.75) is 45.2 Å². The van der Waals surface area contributed by atoms with E-state index in [-0.39, 0.29) is 17.5 Å². The van der Waals surface area contributed by atoms with Crippen LogP contribution < -0.4 is 16.0 Å². The van der Waals surface area contributed by atoms with Crippen molar-refractivity contribution in [2.75, 3.05) is 19.6 Å². The van der Waals surface area contributed by atoms with E-state index in [1.165, 1.54) is 0 Å². The van der Waals surface area contributed by atoms with Crippen molar-refractivity contribution >= 4 is 5.91 Å². The molecule has 0 saturated carbocycles. The highest BCUT2D eigenvalue weighted by molar-refractivity contribution is 5.76. The lowest BCUT2D eigenvalue weighted by Gasteiger charge is -2.24. The van der Waals surface area contributed by atoms with Gasteiger partial charge in [-0.15, -0.1) is 0 Å². The van der Waals surface area contributed by atoms with Crippen molar-refractivity contribution in [2.24, 2.45) is 0 Å². The Morgan fingerprint density at radius 3 is 2.80 bits per heavy atom. The molecule has 1 heterocycles. The van der Waals surface area contributed by atoms with E-state index >= 15 is 0 Å². The molecule has 1 saturated heterocycles. The van der Waals surface area contributed by atoms with E-state index in [1.807, 2.05) is 13.8 Å². The molecule has 0 aromatic carbocycles. The second-order valence-electron chi connectivity index (χ2n) is 4.89. The fourth-order valence-electron chi connectivity index (χ4n) is 1.84. The van der Waals surface area contributed by atoms with E-state index in [0.717, 1.165) is 26.1 Å². The molecule has 4 heteroatoms. The lowest BCUT2D eigenvalue weighted by molar-refractivity contribution is -0.121. The third-order valence-corrected chi connectivity index (χ3v) is 2.72. The Kier molecular flexibility index (Phi) is 4.54. The first-order valence-electron chi connectivity index (χ1n) is 5.77. The summed E-state index contributed by atoms with van der Waals surface area (Å²) in [6.45, 7) is 8.99. The first-order chi connectivity index (χ1) is 7.02.